The summed E-state index contributed by atoms with van der Waals surface area (Å²) in [5.74, 6) is 3.02. The number of methoxy groups -OCH3 is 1. The van der Waals surface area contributed by atoms with Crippen LogP contribution in [-0.4, -0.2) is 29.7 Å². The second-order valence-electron chi connectivity index (χ2n) is 5.11. The summed E-state index contributed by atoms with van der Waals surface area (Å²) in [6, 6.07) is 15.3. The molecule has 0 amide bonds. The molecule has 0 aliphatic carbocycles. The van der Waals surface area contributed by atoms with Crippen molar-refractivity contribution in [1.29, 1.82) is 0 Å². The number of benzene rings is 2. The Labute approximate surface area is 158 Å². The third-order valence-electron chi connectivity index (χ3n) is 3.32. The number of hydrogen-bond acceptors (Lipinski definition) is 6. The fourth-order valence-electron chi connectivity index (χ4n) is 2.09. The van der Waals surface area contributed by atoms with Crippen LogP contribution in [0.3, 0.4) is 0 Å². The maximum Gasteiger partial charge on any atom is 0.276 e. The Bertz CT molecular complexity index is 808. The van der Waals surface area contributed by atoms with Crippen LogP contribution in [0.2, 0.25) is 0 Å². The predicted octanol–water partition coefficient (Wildman–Crippen LogP) is 5.07. The summed E-state index contributed by atoms with van der Waals surface area (Å²) >= 11 is 4.97. The van der Waals surface area contributed by atoms with Crippen molar-refractivity contribution in [3.8, 4) is 23.0 Å². The average Bonchev–Trinajstić information content (AvgIpc) is 3.11. The first-order chi connectivity index (χ1) is 12.2. The van der Waals surface area contributed by atoms with Crippen LogP contribution in [0, 0.1) is 0 Å². The minimum atomic E-state index is 0.526. The number of ether oxygens (including phenoxy) is 2. The summed E-state index contributed by atoms with van der Waals surface area (Å²) in [6.45, 7) is 0.631. The second kappa shape index (κ2) is 8.92. The molecule has 0 bridgehead atoms. The maximum absolute atomic E-state index is 5.69. The minimum absolute atomic E-state index is 0.526. The van der Waals surface area contributed by atoms with E-state index in [2.05, 4.69) is 26.1 Å². The lowest BCUT2D eigenvalue weighted by atomic mass is 10.2. The van der Waals surface area contributed by atoms with Gasteiger partial charge in [-0.25, -0.2) is 0 Å². The third kappa shape index (κ3) is 5.24. The number of hydrogen-bond donors (Lipinski definition) is 0. The lowest BCUT2D eigenvalue weighted by Gasteiger charge is -2.06. The van der Waals surface area contributed by atoms with Crippen molar-refractivity contribution in [3.63, 3.8) is 0 Å². The fourth-order valence-corrected chi connectivity index (χ4v) is 3.16. The van der Waals surface area contributed by atoms with Crippen molar-refractivity contribution in [2.45, 2.75) is 11.6 Å². The SMILES string of the molecule is COc1ccc(OCCCSc2nnc(-c3cccc(Br)c3)o2)cc1. The van der Waals surface area contributed by atoms with Gasteiger partial charge in [0, 0.05) is 15.8 Å². The standard InChI is InChI=1S/C18H17BrN2O3S/c1-22-15-6-8-16(9-7-15)23-10-3-11-25-18-21-20-17(24-18)13-4-2-5-14(19)12-13/h2,4-9,12H,3,10-11H2,1H3. The molecule has 5 nitrogen and oxygen atoms in total. The van der Waals surface area contributed by atoms with Gasteiger partial charge in [-0.2, -0.15) is 0 Å². The van der Waals surface area contributed by atoms with Gasteiger partial charge in [0.2, 0.25) is 5.89 Å². The molecule has 2 aromatic carbocycles. The smallest absolute Gasteiger partial charge is 0.276 e. The average molecular weight is 421 g/mol. The van der Waals surface area contributed by atoms with E-state index in [1.165, 1.54) is 11.8 Å². The molecule has 0 atom stereocenters. The Morgan fingerprint density at radius 2 is 1.88 bits per heavy atom. The van der Waals surface area contributed by atoms with Crippen molar-refractivity contribution in [1.82, 2.24) is 10.2 Å². The number of thioether (sulfide) groups is 1. The highest BCUT2D eigenvalue weighted by atomic mass is 79.9. The molecule has 0 N–H and O–H groups in total. The Morgan fingerprint density at radius 3 is 2.64 bits per heavy atom. The van der Waals surface area contributed by atoms with E-state index in [-0.39, 0.29) is 0 Å². The number of nitrogens with zero attached hydrogens (tertiary/aromatic N) is 2. The van der Waals surface area contributed by atoms with Crippen molar-refractivity contribution in [3.05, 3.63) is 53.0 Å². The number of aromatic nitrogens is 2. The summed E-state index contributed by atoms with van der Waals surface area (Å²) in [5.41, 5.74) is 0.900. The van der Waals surface area contributed by atoms with Crippen molar-refractivity contribution < 1.29 is 13.9 Å². The van der Waals surface area contributed by atoms with Crippen LogP contribution in [0.4, 0.5) is 0 Å². The first-order valence-electron chi connectivity index (χ1n) is 7.74. The quantitative estimate of drug-likeness (QED) is 0.374. The van der Waals surface area contributed by atoms with Crippen LogP contribution in [0.25, 0.3) is 11.5 Å². The lowest BCUT2D eigenvalue weighted by Crippen LogP contribution is -1.98. The zero-order valence-electron chi connectivity index (χ0n) is 13.6. The summed E-state index contributed by atoms with van der Waals surface area (Å²) in [5, 5.41) is 8.73. The zero-order chi connectivity index (χ0) is 17.5. The molecule has 0 spiro atoms. The Balaban J connectivity index is 1.42. The summed E-state index contributed by atoms with van der Waals surface area (Å²) < 4.78 is 17.5. The van der Waals surface area contributed by atoms with E-state index in [0.29, 0.717) is 17.7 Å². The molecule has 25 heavy (non-hydrogen) atoms. The molecule has 0 aliphatic heterocycles. The molecule has 1 aromatic heterocycles. The monoisotopic (exact) mass is 420 g/mol. The van der Waals surface area contributed by atoms with Gasteiger partial charge < -0.3 is 13.9 Å². The van der Waals surface area contributed by atoms with E-state index >= 15 is 0 Å². The van der Waals surface area contributed by atoms with E-state index < -0.39 is 0 Å². The lowest BCUT2D eigenvalue weighted by molar-refractivity contribution is 0.317. The van der Waals surface area contributed by atoms with E-state index in [4.69, 9.17) is 13.9 Å². The van der Waals surface area contributed by atoms with Gasteiger partial charge in [0.25, 0.3) is 5.22 Å². The van der Waals surface area contributed by atoms with Gasteiger partial charge in [0.1, 0.15) is 11.5 Å². The molecular weight excluding hydrogens is 404 g/mol. The van der Waals surface area contributed by atoms with Gasteiger partial charge in [0.15, 0.2) is 0 Å². The normalized spacial score (nSPS) is 10.6. The Kier molecular flexibility index (Phi) is 6.36. The minimum Gasteiger partial charge on any atom is -0.497 e. The Hall–Kier alpha value is -1.99. The molecule has 0 fully saturated rings. The van der Waals surface area contributed by atoms with Crippen LogP contribution in [0.15, 0.2) is 62.6 Å². The second-order valence-corrected chi connectivity index (χ2v) is 7.07. The molecule has 0 unspecified atom stereocenters. The number of rotatable bonds is 8. The summed E-state index contributed by atoms with van der Waals surface area (Å²) in [7, 11) is 1.65. The molecule has 3 rings (SSSR count). The molecular formula is C18H17BrN2O3S. The van der Waals surface area contributed by atoms with E-state index in [1.807, 2.05) is 48.5 Å². The van der Waals surface area contributed by atoms with Crippen LogP contribution < -0.4 is 9.47 Å². The van der Waals surface area contributed by atoms with Gasteiger partial charge in [-0.1, -0.05) is 33.8 Å². The van der Waals surface area contributed by atoms with E-state index in [9.17, 15) is 0 Å². The third-order valence-corrected chi connectivity index (χ3v) is 4.72. The van der Waals surface area contributed by atoms with Gasteiger partial charge >= 0.3 is 0 Å². The largest absolute Gasteiger partial charge is 0.497 e. The highest BCUT2D eigenvalue weighted by Gasteiger charge is 2.09. The maximum atomic E-state index is 5.69. The molecule has 130 valence electrons. The van der Waals surface area contributed by atoms with Crippen molar-refractivity contribution >= 4 is 27.7 Å². The van der Waals surface area contributed by atoms with Crippen LogP contribution in [0.1, 0.15) is 6.42 Å². The molecule has 0 aliphatic rings. The topological polar surface area (TPSA) is 57.4 Å². The van der Waals surface area contributed by atoms with E-state index in [0.717, 1.165) is 33.7 Å². The van der Waals surface area contributed by atoms with Crippen LogP contribution >= 0.6 is 27.7 Å². The van der Waals surface area contributed by atoms with Gasteiger partial charge in [0.05, 0.1) is 13.7 Å². The first kappa shape index (κ1) is 17.8. The van der Waals surface area contributed by atoms with Gasteiger partial charge in [-0.05, 0) is 48.9 Å². The van der Waals surface area contributed by atoms with Gasteiger partial charge in [-0.3, -0.25) is 0 Å². The molecule has 7 heteroatoms. The van der Waals surface area contributed by atoms with Crippen molar-refractivity contribution in [2.75, 3.05) is 19.5 Å². The molecule has 0 saturated heterocycles. The van der Waals surface area contributed by atoms with Crippen molar-refractivity contribution in [2.24, 2.45) is 0 Å². The number of halogens is 1. The fraction of sp³-hybridized carbons (Fsp3) is 0.222. The van der Waals surface area contributed by atoms with E-state index in [1.54, 1.807) is 7.11 Å². The Morgan fingerprint density at radius 1 is 1.08 bits per heavy atom. The van der Waals surface area contributed by atoms with Crippen LogP contribution in [0.5, 0.6) is 11.5 Å². The molecule has 0 saturated carbocycles. The summed E-state index contributed by atoms with van der Waals surface area (Å²) in [4.78, 5) is 0. The predicted molar refractivity (Wildman–Crippen MR) is 101 cm³/mol. The molecule has 3 aromatic rings. The highest BCUT2D eigenvalue weighted by Crippen LogP contribution is 2.25. The molecule has 1 heterocycles. The zero-order valence-corrected chi connectivity index (χ0v) is 16.0. The molecule has 0 radical (unpaired) electrons. The first-order valence-corrected chi connectivity index (χ1v) is 9.51. The van der Waals surface area contributed by atoms with Gasteiger partial charge in [-0.15, -0.1) is 10.2 Å². The highest BCUT2D eigenvalue weighted by molar-refractivity contribution is 9.10. The summed E-state index contributed by atoms with van der Waals surface area (Å²) in [6.07, 6.45) is 0.880. The van der Waals surface area contributed by atoms with Crippen LogP contribution in [-0.2, 0) is 0 Å².